The lowest BCUT2D eigenvalue weighted by molar-refractivity contribution is -0.129. The Morgan fingerprint density at radius 2 is 2.12 bits per heavy atom. The van der Waals surface area contributed by atoms with Crippen LogP contribution >= 0.6 is 23.3 Å². The van der Waals surface area contributed by atoms with Gasteiger partial charge in [-0.2, -0.15) is 0 Å². The predicted octanol–water partition coefficient (Wildman–Crippen LogP) is 0.888. The van der Waals surface area contributed by atoms with E-state index in [1.54, 1.807) is 23.7 Å². The molecule has 0 radical (unpaired) electrons. The van der Waals surface area contributed by atoms with Gasteiger partial charge in [-0.3, -0.25) is 19.7 Å². The summed E-state index contributed by atoms with van der Waals surface area (Å²) in [6, 6.07) is 8.01. The minimum atomic E-state index is -0.619. The third-order valence-electron chi connectivity index (χ3n) is 2.78. The van der Waals surface area contributed by atoms with Crippen molar-refractivity contribution < 1.29 is 10.0 Å². The average molecular weight is 366 g/mol. The van der Waals surface area contributed by atoms with Crippen molar-refractivity contribution in [1.82, 2.24) is 20.2 Å². The highest BCUT2D eigenvalue weighted by molar-refractivity contribution is 7.99. The first kappa shape index (κ1) is 18.2. The topological polar surface area (TPSA) is 130 Å². The van der Waals surface area contributed by atoms with E-state index in [1.165, 1.54) is 23.6 Å². The summed E-state index contributed by atoms with van der Waals surface area (Å²) < 4.78 is 4.22. The summed E-state index contributed by atoms with van der Waals surface area (Å²) in [5.74, 6) is 4.95. The molecule has 0 fully saturated rings. The van der Waals surface area contributed by atoms with Gasteiger partial charge in [-0.25, -0.2) is 11.3 Å². The van der Waals surface area contributed by atoms with Gasteiger partial charge in [-0.15, -0.1) is 11.3 Å². The normalized spacial score (nSPS) is 11.3. The van der Waals surface area contributed by atoms with E-state index in [0.717, 1.165) is 19.7 Å². The predicted molar refractivity (Wildman–Crippen MR) is 94.5 cm³/mol. The van der Waals surface area contributed by atoms with Crippen LogP contribution in [0.5, 0.6) is 0 Å². The molecule has 2 rings (SSSR count). The summed E-state index contributed by atoms with van der Waals surface area (Å²) in [6.45, 7) is 0.201. The Morgan fingerprint density at radius 3 is 2.83 bits per heavy atom. The summed E-state index contributed by atoms with van der Waals surface area (Å²) in [5.41, 5.74) is 8.90. The number of nitrogens with one attached hydrogen (secondary N) is 2. The molecule has 0 bridgehead atoms. The zero-order chi connectivity index (χ0) is 17.4. The van der Waals surface area contributed by atoms with Gasteiger partial charge in [0.05, 0.1) is 4.21 Å². The summed E-state index contributed by atoms with van der Waals surface area (Å²) in [7, 11) is 0. The number of amides is 1. The molecule has 0 saturated carbocycles. The number of hydrazine groups is 1. The van der Waals surface area contributed by atoms with Gasteiger partial charge in [0.2, 0.25) is 0 Å². The lowest BCUT2D eigenvalue weighted by Crippen LogP contribution is -2.37. The molecule has 0 saturated heterocycles. The number of carbonyl (C=O) groups excluding carboxylic acids is 1. The molecule has 1 amide bonds. The molecule has 0 spiro atoms. The van der Waals surface area contributed by atoms with Crippen molar-refractivity contribution in [3.05, 3.63) is 48.6 Å². The summed E-state index contributed by atoms with van der Waals surface area (Å²) >= 11 is 3.12. The smallest absolute Gasteiger partial charge is 0.264 e. The van der Waals surface area contributed by atoms with Crippen LogP contribution in [-0.2, 0) is 4.79 Å². The molecular weight excluding hydrogens is 348 g/mol. The minimum absolute atomic E-state index is 0.190. The Kier molecular flexibility index (Phi) is 7.03. The average Bonchev–Trinajstić information content (AvgIpc) is 3.04. The molecule has 0 atom stereocenters. The second kappa shape index (κ2) is 9.25. The van der Waals surface area contributed by atoms with Crippen molar-refractivity contribution >= 4 is 29.2 Å². The van der Waals surface area contributed by atoms with Crippen molar-refractivity contribution in [2.24, 2.45) is 11.6 Å². The quantitative estimate of drug-likeness (QED) is 0.202. The minimum Gasteiger partial charge on any atom is -0.400 e. The van der Waals surface area contributed by atoms with Crippen molar-refractivity contribution in [3.63, 3.8) is 0 Å². The Balaban J connectivity index is 1.80. The lowest BCUT2D eigenvalue weighted by Gasteiger charge is -2.13. The largest absolute Gasteiger partial charge is 0.400 e. The van der Waals surface area contributed by atoms with Crippen LogP contribution in [0.15, 0.2) is 52.8 Å². The molecule has 2 aromatic heterocycles. The molecule has 10 heteroatoms. The standard InChI is InChI=1S/C14H18N6O2S2/c15-11(8-20(16)9-13(21)19-22)7-18-24-14-2-1-12(23-14)10-3-5-17-6-4-10/h1-6,8,18,22H,7,9,15-16H2,(H,19,21)/b11-8-. The second-order valence-electron chi connectivity index (χ2n) is 4.69. The van der Waals surface area contributed by atoms with Crippen LogP contribution in [0.1, 0.15) is 0 Å². The van der Waals surface area contributed by atoms with Gasteiger partial charge < -0.3 is 10.7 Å². The number of thiophene rings is 1. The van der Waals surface area contributed by atoms with Crippen molar-refractivity contribution in [2.75, 3.05) is 13.1 Å². The summed E-state index contributed by atoms with van der Waals surface area (Å²) in [5, 5.41) is 9.52. The number of nitrogens with two attached hydrogens (primary N) is 2. The fraction of sp³-hybridized carbons (Fsp3) is 0.143. The van der Waals surface area contributed by atoms with Gasteiger partial charge in [0.1, 0.15) is 6.54 Å². The van der Waals surface area contributed by atoms with E-state index in [4.69, 9.17) is 16.8 Å². The van der Waals surface area contributed by atoms with Crippen LogP contribution in [0.25, 0.3) is 10.4 Å². The number of rotatable bonds is 8. The number of hydrogen-bond donors (Lipinski definition) is 5. The molecular formula is C14H18N6O2S2. The number of nitrogens with zero attached hydrogens (tertiary/aromatic N) is 2. The monoisotopic (exact) mass is 366 g/mol. The number of hydrogen-bond acceptors (Lipinski definition) is 9. The molecule has 24 heavy (non-hydrogen) atoms. The third kappa shape index (κ3) is 5.83. The first-order valence-electron chi connectivity index (χ1n) is 6.89. The molecule has 0 unspecified atom stereocenters. The number of aromatic nitrogens is 1. The Labute approximate surface area is 147 Å². The molecule has 2 heterocycles. The summed E-state index contributed by atoms with van der Waals surface area (Å²) in [4.78, 5) is 16.1. The molecule has 8 nitrogen and oxygen atoms in total. The van der Waals surface area contributed by atoms with E-state index in [1.807, 2.05) is 18.2 Å². The molecule has 0 aromatic carbocycles. The van der Waals surface area contributed by atoms with E-state index in [9.17, 15) is 4.79 Å². The van der Waals surface area contributed by atoms with Crippen LogP contribution < -0.4 is 21.8 Å². The highest BCUT2D eigenvalue weighted by Gasteiger charge is 2.05. The Morgan fingerprint density at radius 1 is 1.38 bits per heavy atom. The second-order valence-corrected chi connectivity index (χ2v) is 6.96. The fourth-order valence-corrected chi connectivity index (χ4v) is 3.62. The van der Waals surface area contributed by atoms with Crippen LogP contribution in [0.4, 0.5) is 0 Å². The third-order valence-corrected chi connectivity index (χ3v) is 4.83. The first-order chi connectivity index (χ1) is 11.6. The number of hydroxylamine groups is 1. The van der Waals surface area contributed by atoms with Crippen molar-refractivity contribution in [2.45, 2.75) is 4.21 Å². The first-order valence-corrected chi connectivity index (χ1v) is 8.52. The van der Waals surface area contributed by atoms with Gasteiger partial charge in [-0.05, 0) is 41.8 Å². The van der Waals surface area contributed by atoms with Crippen LogP contribution in [0.2, 0.25) is 0 Å². The fourth-order valence-electron chi connectivity index (χ4n) is 1.74. The van der Waals surface area contributed by atoms with Gasteiger partial charge in [0.25, 0.3) is 5.91 Å². The molecule has 0 aliphatic heterocycles. The molecule has 7 N–H and O–H groups in total. The lowest BCUT2D eigenvalue weighted by atomic mass is 10.2. The van der Waals surface area contributed by atoms with E-state index in [-0.39, 0.29) is 6.54 Å². The van der Waals surface area contributed by atoms with E-state index in [0.29, 0.717) is 12.2 Å². The summed E-state index contributed by atoms with van der Waals surface area (Å²) in [6.07, 6.45) is 4.96. The highest BCUT2D eigenvalue weighted by Crippen LogP contribution is 2.32. The van der Waals surface area contributed by atoms with Gasteiger partial charge in [0.15, 0.2) is 0 Å². The Hall–Kier alpha value is -2.11. The maximum atomic E-state index is 10.9. The number of carbonyl (C=O) groups is 1. The van der Waals surface area contributed by atoms with Gasteiger partial charge in [-0.1, -0.05) is 0 Å². The molecule has 0 aliphatic rings. The molecule has 128 valence electrons. The van der Waals surface area contributed by atoms with Crippen LogP contribution in [0, 0.1) is 0 Å². The van der Waals surface area contributed by atoms with Gasteiger partial charge >= 0.3 is 0 Å². The maximum absolute atomic E-state index is 10.9. The maximum Gasteiger partial charge on any atom is 0.264 e. The molecule has 2 aromatic rings. The zero-order valence-corrected chi connectivity index (χ0v) is 14.3. The Bertz CT molecular complexity index is 692. The van der Waals surface area contributed by atoms with E-state index in [2.05, 4.69) is 15.8 Å². The van der Waals surface area contributed by atoms with E-state index >= 15 is 0 Å². The van der Waals surface area contributed by atoms with E-state index < -0.39 is 5.91 Å². The van der Waals surface area contributed by atoms with Crippen molar-refractivity contribution in [3.8, 4) is 10.4 Å². The van der Waals surface area contributed by atoms with Crippen LogP contribution in [-0.4, -0.2) is 34.2 Å². The SMILES string of the molecule is N/C(=C\N(N)CC(=O)NO)CNSc1ccc(-c2ccncc2)s1. The number of pyridine rings is 1. The highest BCUT2D eigenvalue weighted by atomic mass is 32.2. The zero-order valence-electron chi connectivity index (χ0n) is 12.7. The van der Waals surface area contributed by atoms with Crippen LogP contribution in [0.3, 0.4) is 0 Å². The van der Waals surface area contributed by atoms with Gasteiger partial charge in [0, 0.05) is 35.7 Å². The van der Waals surface area contributed by atoms with Crippen molar-refractivity contribution in [1.29, 1.82) is 0 Å². The molecule has 0 aliphatic carbocycles.